The molecule has 0 radical (unpaired) electrons. The average molecular weight is 461 g/mol. The van der Waals surface area contributed by atoms with Crippen molar-refractivity contribution >= 4 is 34.5 Å². The van der Waals surface area contributed by atoms with Crippen molar-refractivity contribution in [2.45, 2.75) is 24.9 Å². The lowest BCUT2D eigenvalue weighted by Crippen LogP contribution is -2.50. The van der Waals surface area contributed by atoms with Crippen LogP contribution < -0.4 is 10.9 Å². The molecule has 1 unspecified atom stereocenters. The van der Waals surface area contributed by atoms with Crippen LogP contribution in [0.25, 0.3) is 10.9 Å². The molecule has 2 aromatic carbocycles. The smallest absolute Gasteiger partial charge is 0.360 e. The number of amides is 2. The first-order chi connectivity index (χ1) is 15.2. The first-order valence-corrected chi connectivity index (χ1v) is 10.7. The molecule has 1 aliphatic heterocycles. The Hall–Kier alpha value is -3.27. The number of nitrogens with one attached hydrogen (secondary N) is 2. The molecule has 4 rings (SSSR count). The van der Waals surface area contributed by atoms with Gasteiger partial charge in [-0.2, -0.15) is 13.2 Å². The predicted octanol–water partition coefficient (Wildman–Crippen LogP) is 4.16. The van der Waals surface area contributed by atoms with E-state index in [4.69, 9.17) is 0 Å². The molecular formula is C22H18F3N3O3S. The average Bonchev–Trinajstić information content (AvgIpc) is 2.75. The standard InChI is InChI=1S/C22H18F3N3O3S/c1-12-5-7-13(8-6-12)21-28(17(29)9-10-32-21)27-20(31)15-11-26-18-14(19(15)30)3-2-4-16(18)22(23,24)25/h2-8,11,21H,9-10H2,1H3,(H,26,30)(H,27,31). The van der Waals surface area contributed by atoms with E-state index in [0.717, 1.165) is 29.5 Å². The van der Waals surface area contributed by atoms with Crippen LogP contribution in [0.15, 0.2) is 53.5 Å². The van der Waals surface area contributed by atoms with E-state index in [9.17, 15) is 27.6 Å². The van der Waals surface area contributed by atoms with Crippen LogP contribution >= 0.6 is 11.8 Å². The highest BCUT2D eigenvalue weighted by atomic mass is 32.2. The van der Waals surface area contributed by atoms with E-state index in [1.165, 1.54) is 22.8 Å². The van der Waals surface area contributed by atoms with Crippen molar-refractivity contribution in [3.05, 3.63) is 81.1 Å². The number of hydrogen-bond acceptors (Lipinski definition) is 4. The van der Waals surface area contributed by atoms with Gasteiger partial charge in [-0.25, -0.2) is 5.01 Å². The number of aryl methyl sites for hydroxylation is 1. The summed E-state index contributed by atoms with van der Waals surface area (Å²) in [4.78, 5) is 40.7. The Morgan fingerprint density at radius 1 is 1.16 bits per heavy atom. The fourth-order valence-electron chi connectivity index (χ4n) is 3.51. The number of aromatic nitrogens is 1. The molecule has 0 saturated carbocycles. The minimum absolute atomic E-state index is 0.205. The molecule has 2 amide bonds. The Labute approximate surface area is 184 Å². The fourth-order valence-corrected chi connectivity index (χ4v) is 4.69. The van der Waals surface area contributed by atoms with Gasteiger partial charge >= 0.3 is 6.18 Å². The summed E-state index contributed by atoms with van der Waals surface area (Å²) in [5.41, 5.74) is 1.68. The summed E-state index contributed by atoms with van der Waals surface area (Å²) in [6, 6.07) is 10.7. The Morgan fingerprint density at radius 3 is 2.56 bits per heavy atom. The van der Waals surface area contributed by atoms with Crippen LogP contribution in [-0.2, 0) is 11.0 Å². The molecule has 2 N–H and O–H groups in total. The number of halogens is 3. The van der Waals surface area contributed by atoms with Crippen LogP contribution in [0, 0.1) is 6.92 Å². The fraction of sp³-hybridized carbons (Fsp3) is 0.227. The number of rotatable bonds is 3. The van der Waals surface area contributed by atoms with Gasteiger partial charge < -0.3 is 4.98 Å². The number of hydrazine groups is 1. The first-order valence-electron chi connectivity index (χ1n) is 9.69. The third-order valence-corrected chi connectivity index (χ3v) is 6.38. The van der Waals surface area contributed by atoms with Gasteiger partial charge in [0.2, 0.25) is 11.3 Å². The number of fused-ring (bicyclic) bond motifs is 1. The van der Waals surface area contributed by atoms with Crippen molar-refractivity contribution in [2.75, 3.05) is 5.75 Å². The summed E-state index contributed by atoms with van der Waals surface area (Å²) in [6.45, 7) is 1.93. The third kappa shape index (κ3) is 4.10. The molecule has 1 aliphatic rings. The van der Waals surface area contributed by atoms with Crippen LogP contribution in [0.5, 0.6) is 0 Å². The van der Waals surface area contributed by atoms with E-state index < -0.39 is 34.0 Å². The molecule has 0 bridgehead atoms. The van der Waals surface area contributed by atoms with Gasteiger partial charge in [0, 0.05) is 23.8 Å². The van der Waals surface area contributed by atoms with Gasteiger partial charge in [0.25, 0.3) is 5.91 Å². The molecule has 1 saturated heterocycles. The quantitative estimate of drug-likeness (QED) is 0.614. The molecule has 0 spiro atoms. The number of carbonyl (C=O) groups is 2. The van der Waals surface area contributed by atoms with E-state index in [-0.39, 0.29) is 23.3 Å². The Morgan fingerprint density at radius 2 is 1.88 bits per heavy atom. The van der Waals surface area contributed by atoms with E-state index in [1.54, 1.807) is 0 Å². The lowest BCUT2D eigenvalue weighted by molar-refractivity contribution is -0.136. The van der Waals surface area contributed by atoms with Crippen molar-refractivity contribution in [1.82, 2.24) is 15.4 Å². The molecule has 3 aromatic rings. The summed E-state index contributed by atoms with van der Waals surface area (Å²) >= 11 is 1.46. The van der Waals surface area contributed by atoms with Crippen molar-refractivity contribution in [1.29, 1.82) is 0 Å². The number of nitrogens with zero attached hydrogens (tertiary/aromatic N) is 1. The number of thioether (sulfide) groups is 1. The zero-order chi connectivity index (χ0) is 23.0. The lowest BCUT2D eigenvalue weighted by Gasteiger charge is -2.35. The van der Waals surface area contributed by atoms with Gasteiger partial charge in [-0.3, -0.25) is 19.8 Å². The number of para-hydroxylation sites is 1. The van der Waals surface area contributed by atoms with Crippen LogP contribution in [0.2, 0.25) is 0 Å². The zero-order valence-electron chi connectivity index (χ0n) is 16.8. The Kier molecular flexibility index (Phi) is 5.72. The number of hydrogen-bond donors (Lipinski definition) is 2. The molecule has 1 aromatic heterocycles. The maximum absolute atomic E-state index is 13.2. The van der Waals surface area contributed by atoms with Gasteiger partial charge in [0.1, 0.15) is 10.9 Å². The lowest BCUT2D eigenvalue weighted by atomic mass is 10.1. The second-order valence-electron chi connectivity index (χ2n) is 7.35. The molecule has 32 heavy (non-hydrogen) atoms. The van der Waals surface area contributed by atoms with Gasteiger partial charge in [-0.05, 0) is 24.6 Å². The largest absolute Gasteiger partial charge is 0.418 e. The number of aromatic amines is 1. The highest BCUT2D eigenvalue weighted by molar-refractivity contribution is 7.99. The van der Waals surface area contributed by atoms with Crippen LogP contribution in [0.1, 0.15) is 38.8 Å². The molecule has 0 aliphatic carbocycles. The summed E-state index contributed by atoms with van der Waals surface area (Å²) in [5, 5.41) is 0.427. The van der Waals surface area contributed by atoms with Crippen molar-refractivity contribution in [3.63, 3.8) is 0 Å². The zero-order valence-corrected chi connectivity index (χ0v) is 17.6. The maximum Gasteiger partial charge on any atom is 0.418 e. The van der Waals surface area contributed by atoms with Crippen LogP contribution in [0.3, 0.4) is 0 Å². The monoisotopic (exact) mass is 461 g/mol. The maximum atomic E-state index is 13.2. The Balaban J connectivity index is 1.68. The van der Waals surface area contributed by atoms with Gasteiger partial charge in [-0.15, -0.1) is 11.8 Å². The summed E-state index contributed by atoms with van der Waals surface area (Å²) in [5.74, 6) is -0.627. The van der Waals surface area contributed by atoms with Crippen LogP contribution in [-0.4, -0.2) is 27.6 Å². The van der Waals surface area contributed by atoms with Gasteiger partial charge in [-0.1, -0.05) is 35.9 Å². The van der Waals surface area contributed by atoms with E-state index in [2.05, 4.69) is 10.4 Å². The Bertz CT molecular complexity index is 1260. The van der Waals surface area contributed by atoms with Crippen molar-refractivity contribution in [3.8, 4) is 0 Å². The summed E-state index contributed by atoms with van der Waals surface area (Å²) in [7, 11) is 0. The van der Waals surface area contributed by atoms with E-state index >= 15 is 0 Å². The minimum Gasteiger partial charge on any atom is -0.360 e. The number of carbonyl (C=O) groups excluding carboxylic acids is 2. The predicted molar refractivity (Wildman–Crippen MR) is 115 cm³/mol. The topological polar surface area (TPSA) is 82.3 Å². The molecule has 166 valence electrons. The highest BCUT2D eigenvalue weighted by Gasteiger charge is 2.34. The number of pyridine rings is 1. The van der Waals surface area contributed by atoms with Crippen molar-refractivity contribution in [2.24, 2.45) is 0 Å². The number of H-pyrrole nitrogens is 1. The van der Waals surface area contributed by atoms with Crippen molar-refractivity contribution < 1.29 is 22.8 Å². The molecule has 1 atom stereocenters. The summed E-state index contributed by atoms with van der Waals surface area (Å²) < 4.78 is 39.7. The summed E-state index contributed by atoms with van der Waals surface area (Å²) in [6.07, 6.45) is -3.51. The number of benzene rings is 2. The molecule has 1 fully saturated rings. The molecule has 10 heteroatoms. The molecule has 2 heterocycles. The number of alkyl halides is 3. The van der Waals surface area contributed by atoms with Gasteiger partial charge in [0.05, 0.1) is 11.1 Å². The highest BCUT2D eigenvalue weighted by Crippen LogP contribution is 2.36. The third-order valence-electron chi connectivity index (χ3n) is 5.14. The van der Waals surface area contributed by atoms with Crippen LogP contribution in [0.4, 0.5) is 13.2 Å². The normalized spacial score (nSPS) is 16.9. The SMILES string of the molecule is Cc1ccc(C2SCCC(=O)N2NC(=O)c2c[nH]c3c(C(F)(F)F)cccc3c2=O)cc1. The molecular weight excluding hydrogens is 443 g/mol. The molecule has 6 nitrogen and oxygen atoms in total. The first kappa shape index (κ1) is 21.9. The minimum atomic E-state index is -4.66. The second kappa shape index (κ2) is 8.34. The van der Waals surface area contributed by atoms with E-state index in [1.807, 2.05) is 31.2 Å². The van der Waals surface area contributed by atoms with Gasteiger partial charge in [0.15, 0.2) is 0 Å². The van der Waals surface area contributed by atoms with E-state index in [0.29, 0.717) is 5.75 Å². The second-order valence-corrected chi connectivity index (χ2v) is 8.53.